The second kappa shape index (κ2) is 7.36. The molecule has 1 atom stereocenters. The average Bonchev–Trinajstić information content (AvgIpc) is 2.85. The van der Waals surface area contributed by atoms with Crippen LogP contribution in [0.2, 0.25) is 0 Å². The minimum Gasteiger partial charge on any atom is -0.360 e. The van der Waals surface area contributed by atoms with E-state index in [0.29, 0.717) is 6.04 Å². The maximum absolute atomic E-state index is 4.30. The van der Waals surface area contributed by atoms with E-state index in [2.05, 4.69) is 63.9 Å². The molecule has 0 aliphatic carbocycles. The Morgan fingerprint density at radius 3 is 2.70 bits per heavy atom. The SMILES string of the molecule is Cc1nsc(NCCC(C)N(C)Cc2ccccc2)n1. The van der Waals surface area contributed by atoms with Crippen LogP contribution in [0, 0.1) is 6.92 Å². The molecule has 2 rings (SSSR count). The first-order chi connectivity index (χ1) is 9.65. The van der Waals surface area contributed by atoms with E-state index in [0.717, 1.165) is 30.5 Å². The second-order valence-electron chi connectivity index (χ2n) is 5.11. The lowest BCUT2D eigenvalue weighted by atomic mass is 10.1. The van der Waals surface area contributed by atoms with Crippen LogP contribution < -0.4 is 5.32 Å². The summed E-state index contributed by atoms with van der Waals surface area (Å²) >= 11 is 1.43. The lowest BCUT2D eigenvalue weighted by Crippen LogP contribution is -2.30. The largest absolute Gasteiger partial charge is 0.360 e. The van der Waals surface area contributed by atoms with Crippen molar-refractivity contribution >= 4 is 16.7 Å². The van der Waals surface area contributed by atoms with Crippen LogP contribution in [0.4, 0.5) is 5.13 Å². The third kappa shape index (κ3) is 4.58. The molecule has 1 N–H and O–H groups in total. The van der Waals surface area contributed by atoms with Gasteiger partial charge in [-0.25, -0.2) is 4.98 Å². The number of nitrogens with one attached hydrogen (secondary N) is 1. The molecule has 1 aromatic heterocycles. The van der Waals surface area contributed by atoms with E-state index in [9.17, 15) is 0 Å². The quantitative estimate of drug-likeness (QED) is 0.850. The van der Waals surface area contributed by atoms with Crippen molar-refractivity contribution in [1.29, 1.82) is 0 Å². The Kier molecular flexibility index (Phi) is 5.49. The van der Waals surface area contributed by atoms with E-state index in [1.165, 1.54) is 17.1 Å². The van der Waals surface area contributed by atoms with Gasteiger partial charge in [0, 0.05) is 30.7 Å². The third-order valence-corrected chi connectivity index (χ3v) is 4.16. The molecule has 4 nitrogen and oxygen atoms in total. The first-order valence-corrected chi connectivity index (χ1v) is 7.71. The van der Waals surface area contributed by atoms with Crippen LogP contribution in [0.25, 0.3) is 0 Å². The highest BCUT2D eigenvalue weighted by Gasteiger charge is 2.09. The molecule has 0 fully saturated rings. The molecular formula is C15H22N4S. The first kappa shape index (κ1) is 14.9. The predicted molar refractivity (Wildman–Crippen MR) is 85.1 cm³/mol. The summed E-state index contributed by atoms with van der Waals surface area (Å²) in [4.78, 5) is 6.68. The van der Waals surface area contributed by atoms with Gasteiger partial charge in [0.05, 0.1) is 0 Å². The highest BCUT2D eigenvalue weighted by Crippen LogP contribution is 2.12. The Labute approximate surface area is 125 Å². The molecule has 2 aromatic rings. The van der Waals surface area contributed by atoms with Crippen molar-refractivity contribution < 1.29 is 0 Å². The summed E-state index contributed by atoms with van der Waals surface area (Å²) in [5.41, 5.74) is 1.36. The van der Waals surface area contributed by atoms with Crippen LogP contribution in [0.1, 0.15) is 24.7 Å². The highest BCUT2D eigenvalue weighted by molar-refractivity contribution is 7.09. The van der Waals surface area contributed by atoms with Gasteiger partial charge in [-0.2, -0.15) is 4.37 Å². The standard InChI is InChI=1S/C15H22N4S/c1-12(9-10-16-15-17-13(2)18-20-15)19(3)11-14-7-5-4-6-8-14/h4-8,12H,9-11H2,1-3H3,(H,16,17,18). The van der Waals surface area contributed by atoms with Gasteiger partial charge in [0.2, 0.25) is 5.13 Å². The number of aryl methyl sites for hydroxylation is 1. The second-order valence-corrected chi connectivity index (χ2v) is 5.86. The van der Waals surface area contributed by atoms with Crippen LogP contribution in [-0.2, 0) is 6.54 Å². The number of rotatable bonds is 7. The van der Waals surface area contributed by atoms with E-state index in [1.54, 1.807) is 0 Å². The highest BCUT2D eigenvalue weighted by atomic mass is 32.1. The van der Waals surface area contributed by atoms with Gasteiger partial charge in [0.25, 0.3) is 0 Å². The molecule has 20 heavy (non-hydrogen) atoms. The Balaban J connectivity index is 1.72. The molecule has 0 saturated carbocycles. The molecule has 108 valence electrons. The molecule has 1 aromatic carbocycles. The topological polar surface area (TPSA) is 41.1 Å². The van der Waals surface area contributed by atoms with Crippen LogP contribution in [-0.4, -0.2) is 33.9 Å². The van der Waals surface area contributed by atoms with Crippen molar-refractivity contribution in [3.8, 4) is 0 Å². The summed E-state index contributed by atoms with van der Waals surface area (Å²) in [6.45, 7) is 6.09. The zero-order valence-electron chi connectivity index (χ0n) is 12.3. The summed E-state index contributed by atoms with van der Waals surface area (Å²) < 4.78 is 4.16. The Bertz CT molecular complexity index is 512. The molecule has 0 saturated heterocycles. The third-order valence-electron chi connectivity index (χ3n) is 3.39. The zero-order valence-corrected chi connectivity index (χ0v) is 13.2. The van der Waals surface area contributed by atoms with Gasteiger partial charge in [0.15, 0.2) is 0 Å². The van der Waals surface area contributed by atoms with Gasteiger partial charge in [-0.05, 0) is 32.9 Å². The number of anilines is 1. The molecule has 0 radical (unpaired) electrons. The molecule has 0 bridgehead atoms. The van der Waals surface area contributed by atoms with Crippen molar-refractivity contribution in [2.75, 3.05) is 18.9 Å². The Morgan fingerprint density at radius 2 is 2.05 bits per heavy atom. The zero-order chi connectivity index (χ0) is 14.4. The van der Waals surface area contributed by atoms with Crippen molar-refractivity contribution in [2.45, 2.75) is 32.9 Å². The van der Waals surface area contributed by atoms with Crippen LogP contribution in [0.5, 0.6) is 0 Å². The van der Waals surface area contributed by atoms with Crippen LogP contribution >= 0.6 is 11.5 Å². The summed E-state index contributed by atoms with van der Waals surface area (Å²) in [6.07, 6.45) is 1.09. The number of benzene rings is 1. The molecule has 1 heterocycles. The number of hydrogen-bond acceptors (Lipinski definition) is 5. The van der Waals surface area contributed by atoms with Crippen molar-refractivity contribution in [2.24, 2.45) is 0 Å². The molecule has 1 unspecified atom stereocenters. The van der Waals surface area contributed by atoms with Gasteiger partial charge in [-0.15, -0.1) is 0 Å². The predicted octanol–water partition coefficient (Wildman–Crippen LogP) is 3.17. The van der Waals surface area contributed by atoms with E-state index in [4.69, 9.17) is 0 Å². The van der Waals surface area contributed by atoms with E-state index in [1.807, 2.05) is 6.92 Å². The van der Waals surface area contributed by atoms with E-state index >= 15 is 0 Å². The normalized spacial score (nSPS) is 12.6. The lowest BCUT2D eigenvalue weighted by Gasteiger charge is -2.24. The van der Waals surface area contributed by atoms with Gasteiger partial charge in [-0.1, -0.05) is 30.3 Å². The monoisotopic (exact) mass is 290 g/mol. The molecule has 0 amide bonds. The Hall–Kier alpha value is -1.46. The molecule has 0 spiro atoms. The van der Waals surface area contributed by atoms with Gasteiger partial charge in [-0.3, -0.25) is 4.90 Å². The smallest absolute Gasteiger partial charge is 0.202 e. The maximum Gasteiger partial charge on any atom is 0.202 e. The fraction of sp³-hybridized carbons (Fsp3) is 0.467. The molecule has 0 aliphatic rings. The van der Waals surface area contributed by atoms with Crippen LogP contribution in [0.15, 0.2) is 30.3 Å². The first-order valence-electron chi connectivity index (χ1n) is 6.93. The minimum absolute atomic E-state index is 0.525. The van der Waals surface area contributed by atoms with E-state index < -0.39 is 0 Å². The van der Waals surface area contributed by atoms with Crippen LogP contribution in [0.3, 0.4) is 0 Å². The van der Waals surface area contributed by atoms with E-state index in [-0.39, 0.29) is 0 Å². The number of aromatic nitrogens is 2. The maximum atomic E-state index is 4.30. The van der Waals surface area contributed by atoms with Crippen molar-refractivity contribution in [1.82, 2.24) is 14.3 Å². The number of nitrogens with zero attached hydrogens (tertiary/aromatic N) is 3. The average molecular weight is 290 g/mol. The van der Waals surface area contributed by atoms with Crippen molar-refractivity contribution in [3.05, 3.63) is 41.7 Å². The molecule has 5 heteroatoms. The summed E-state index contributed by atoms with van der Waals surface area (Å²) in [7, 11) is 2.17. The Morgan fingerprint density at radius 1 is 1.30 bits per heavy atom. The van der Waals surface area contributed by atoms with Gasteiger partial charge in [0.1, 0.15) is 5.82 Å². The molecular weight excluding hydrogens is 268 g/mol. The lowest BCUT2D eigenvalue weighted by molar-refractivity contribution is 0.242. The van der Waals surface area contributed by atoms with Gasteiger partial charge < -0.3 is 5.32 Å². The fourth-order valence-corrected chi connectivity index (χ4v) is 2.60. The fourth-order valence-electron chi connectivity index (χ4n) is 2.00. The summed E-state index contributed by atoms with van der Waals surface area (Å²) in [5.74, 6) is 0.840. The van der Waals surface area contributed by atoms with Crippen molar-refractivity contribution in [3.63, 3.8) is 0 Å². The minimum atomic E-state index is 0.525. The summed E-state index contributed by atoms with van der Waals surface area (Å²) in [5, 5.41) is 4.25. The van der Waals surface area contributed by atoms with Gasteiger partial charge >= 0.3 is 0 Å². The molecule has 0 aliphatic heterocycles. The summed E-state index contributed by atoms with van der Waals surface area (Å²) in [6, 6.07) is 11.1. The number of hydrogen-bond donors (Lipinski definition) is 1.